The lowest BCUT2D eigenvalue weighted by atomic mass is 9.80. The first-order valence-corrected chi connectivity index (χ1v) is 23.1. The molecule has 2 aliphatic rings. The van der Waals surface area contributed by atoms with Crippen LogP contribution in [0.1, 0.15) is 116 Å². The van der Waals surface area contributed by atoms with Crippen molar-refractivity contribution in [1.29, 1.82) is 0 Å². The summed E-state index contributed by atoms with van der Waals surface area (Å²) in [5.41, 5.74) is 1.98. The molecule has 3 aromatic rings. The van der Waals surface area contributed by atoms with Gasteiger partial charge < -0.3 is 36.1 Å². The Morgan fingerprint density at radius 3 is 2.08 bits per heavy atom. The molecule has 1 aromatic heterocycles. The first-order chi connectivity index (χ1) is 29.7. The van der Waals surface area contributed by atoms with Crippen LogP contribution in [0.4, 0.5) is 4.79 Å². The van der Waals surface area contributed by atoms with Crippen LogP contribution in [0.15, 0.2) is 73.2 Å². The number of H-pyrrole nitrogens is 1. The van der Waals surface area contributed by atoms with Gasteiger partial charge in [-0.2, -0.15) is 0 Å². The van der Waals surface area contributed by atoms with E-state index in [2.05, 4.69) is 74.2 Å². The van der Waals surface area contributed by atoms with E-state index in [1.54, 1.807) is 27.0 Å². The second-order valence-electron chi connectivity index (χ2n) is 19.0. The predicted molar refractivity (Wildman–Crippen MR) is 242 cm³/mol. The molecule has 1 aliphatic carbocycles. The third-order valence-electron chi connectivity index (χ3n) is 12.5. The number of aromatic nitrogens is 2. The second kappa shape index (κ2) is 24.2. The smallest absolute Gasteiger partial charge is 0.408 e. The summed E-state index contributed by atoms with van der Waals surface area (Å²) in [6.45, 7) is 12.8. The number of aliphatic hydroxyl groups excluding tert-OH is 1. The van der Waals surface area contributed by atoms with Gasteiger partial charge in [-0.3, -0.25) is 19.3 Å². The molecule has 1 saturated carbocycles. The van der Waals surface area contributed by atoms with Gasteiger partial charge in [0.15, 0.2) is 0 Å². The average Bonchev–Trinajstić information content (AvgIpc) is 3.76. The molecular formula is C49H73N7O6. The van der Waals surface area contributed by atoms with E-state index < -0.39 is 47.7 Å². The molecule has 0 radical (unpaired) electrons. The van der Waals surface area contributed by atoms with E-state index in [0.717, 1.165) is 63.7 Å². The van der Waals surface area contributed by atoms with Gasteiger partial charge in [0, 0.05) is 43.7 Å². The molecule has 0 bridgehead atoms. The third-order valence-corrected chi connectivity index (χ3v) is 12.5. The first-order valence-electron chi connectivity index (χ1n) is 23.1. The summed E-state index contributed by atoms with van der Waals surface area (Å²) in [5, 5.41) is 24.1. The van der Waals surface area contributed by atoms with E-state index in [-0.39, 0.29) is 36.5 Å². The van der Waals surface area contributed by atoms with Crippen molar-refractivity contribution in [3.8, 4) is 0 Å². The largest absolute Gasteiger partial charge is 0.444 e. The van der Waals surface area contributed by atoms with E-state index >= 15 is 0 Å². The fraction of sp³-hybridized carbons (Fsp3) is 0.612. The molecule has 62 heavy (non-hydrogen) atoms. The highest BCUT2D eigenvalue weighted by Gasteiger charge is 2.34. The van der Waals surface area contributed by atoms with Gasteiger partial charge in [-0.25, -0.2) is 9.78 Å². The molecule has 13 nitrogen and oxygen atoms in total. The number of rotatable bonds is 21. The molecule has 340 valence electrons. The molecule has 5 rings (SSSR count). The number of amides is 4. The standard InChI is InChI=1S/C49H73N7O6/c1-34(2)39(21-24-51-45(58)38-22-25-56(26-23-38)32-37-19-13-8-14-20-37)29-44(57)41(27-35-15-9-6-10-16-35)53-47(60)43(30-40-31-50-33-52-40)54-46(59)42(28-36-17-11-7-12-18-36)55-48(61)62-49(3,4)5/h7-8,11-14,17-20,31,33-35,38-39,41-44,57H,6,9-10,15-16,21-30,32H2,1-5H3,(H,50,52)(H,51,58)(H,53,60)(H,54,59)(H,55,61)/t39-,41-,42-,43-,44-/m0/s1. The van der Waals surface area contributed by atoms with Crippen LogP contribution in [0.25, 0.3) is 0 Å². The zero-order valence-corrected chi connectivity index (χ0v) is 37.7. The van der Waals surface area contributed by atoms with Crippen LogP contribution in [-0.4, -0.2) is 93.3 Å². The van der Waals surface area contributed by atoms with Gasteiger partial charge in [0.25, 0.3) is 0 Å². The van der Waals surface area contributed by atoms with E-state index in [9.17, 15) is 24.3 Å². The number of piperidine rings is 1. The highest BCUT2D eigenvalue weighted by atomic mass is 16.6. The molecule has 13 heteroatoms. The summed E-state index contributed by atoms with van der Waals surface area (Å²) in [7, 11) is 0. The molecule has 2 heterocycles. The molecule has 2 fully saturated rings. The normalized spacial score (nSPS) is 17.9. The number of hydrogen-bond donors (Lipinski definition) is 6. The first kappa shape index (κ1) is 48.3. The quantitative estimate of drug-likeness (QED) is 0.0707. The van der Waals surface area contributed by atoms with Crippen molar-refractivity contribution in [2.45, 2.75) is 148 Å². The van der Waals surface area contributed by atoms with Gasteiger partial charge in [-0.15, -0.1) is 0 Å². The Bertz CT molecular complexity index is 1790. The van der Waals surface area contributed by atoms with Gasteiger partial charge in [0.2, 0.25) is 17.7 Å². The molecule has 0 unspecified atom stereocenters. The molecule has 2 aromatic carbocycles. The van der Waals surface area contributed by atoms with Crippen LogP contribution >= 0.6 is 0 Å². The number of aliphatic hydroxyl groups is 1. The van der Waals surface area contributed by atoms with Crippen LogP contribution in [0.5, 0.6) is 0 Å². The highest BCUT2D eigenvalue weighted by Crippen LogP contribution is 2.30. The number of benzene rings is 2. The van der Waals surface area contributed by atoms with E-state index in [1.165, 1.54) is 18.3 Å². The van der Waals surface area contributed by atoms with Gasteiger partial charge in [-0.1, -0.05) is 107 Å². The number of alkyl carbamates (subject to hydrolysis) is 1. The molecule has 0 spiro atoms. The van der Waals surface area contributed by atoms with Crippen LogP contribution in [-0.2, 0) is 38.5 Å². The number of ether oxygens (including phenoxy) is 1. The van der Waals surface area contributed by atoms with Crippen LogP contribution in [0.3, 0.4) is 0 Å². The lowest BCUT2D eigenvalue weighted by molar-refractivity contribution is -0.131. The lowest BCUT2D eigenvalue weighted by Gasteiger charge is -2.34. The number of likely N-dealkylation sites (tertiary alicyclic amines) is 1. The summed E-state index contributed by atoms with van der Waals surface area (Å²) < 4.78 is 5.50. The number of carbonyl (C=O) groups excluding carboxylic acids is 4. The number of nitrogens with zero attached hydrogens (tertiary/aromatic N) is 2. The number of hydrogen-bond acceptors (Lipinski definition) is 8. The zero-order valence-electron chi connectivity index (χ0n) is 37.7. The van der Waals surface area contributed by atoms with Crippen molar-refractivity contribution >= 4 is 23.8 Å². The van der Waals surface area contributed by atoms with E-state index in [4.69, 9.17) is 4.74 Å². The summed E-state index contributed by atoms with van der Waals surface area (Å²) in [6, 6.07) is 17.2. The Kier molecular flexibility index (Phi) is 18.8. The minimum atomic E-state index is -1.04. The Labute approximate surface area is 369 Å². The number of aromatic amines is 1. The van der Waals surface area contributed by atoms with Crippen molar-refractivity contribution in [2.24, 2.45) is 23.7 Å². The average molecular weight is 856 g/mol. The molecular weight excluding hydrogens is 783 g/mol. The zero-order chi connectivity index (χ0) is 44.5. The third kappa shape index (κ3) is 16.5. The molecule has 1 aliphatic heterocycles. The molecule has 4 amide bonds. The van der Waals surface area contributed by atoms with Crippen molar-refractivity contribution < 1.29 is 29.0 Å². The number of imidazole rings is 1. The van der Waals surface area contributed by atoms with Crippen molar-refractivity contribution in [3.05, 3.63) is 90.0 Å². The maximum atomic E-state index is 14.4. The van der Waals surface area contributed by atoms with Crippen molar-refractivity contribution in [2.75, 3.05) is 19.6 Å². The number of carbonyl (C=O) groups is 4. The molecule has 5 atom stereocenters. The van der Waals surface area contributed by atoms with E-state index in [1.807, 2.05) is 36.4 Å². The van der Waals surface area contributed by atoms with Gasteiger partial charge in [0.1, 0.15) is 17.7 Å². The van der Waals surface area contributed by atoms with Gasteiger partial charge >= 0.3 is 6.09 Å². The van der Waals surface area contributed by atoms with Crippen molar-refractivity contribution in [3.63, 3.8) is 0 Å². The minimum absolute atomic E-state index is 0.00268. The lowest BCUT2D eigenvalue weighted by Crippen LogP contribution is -2.57. The summed E-state index contributed by atoms with van der Waals surface area (Å²) >= 11 is 0. The minimum Gasteiger partial charge on any atom is -0.444 e. The highest BCUT2D eigenvalue weighted by molar-refractivity contribution is 5.91. The maximum absolute atomic E-state index is 14.4. The SMILES string of the molecule is CC(C)[C@@H](CCNC(=O)C1CCN(Cc2ccccc2)CC1)C[C@H](O)[C@H](CC1CCCCC1)NC(=O)[C@H](Cc1cnc[nH]1)NC(=O)[C@H](Cc1ccccc1)NC(=O)OC(C)(C)C. The maximum Gasteiger partial charge on any atom is 0.408 e. The summed E-state index contributed by atoms with van der Waals surface area (Å²) in [6.07, 6.45) is 10.8. The topological polar surface area (TPSA) is 178 Å². The van der Waals surface area contributed by atoms with Crippen LogP contribution < -0.4 is 21.3 Å². The Morgan fingerprint density at radius 1 is 0.839 bits per heavy atom. The Morgan fingerprint density at radius 2 is 1.47 bits per heavy atom. The summed E-state index contributed by atoms with van der Waals surface area (Å²) in [4.78, 5) is 64.4. The molecule has 1 saturated heterocycles. The fourth-order valence-corrected chi connectivity index (χ4v) is 8.90. The van der Waals surface area contributed by atoms with Crippen molar-refractivity contribution in [1.82, 2.24) is 36.1 Å². The molecule has 6 N–H and O–H groups in total. The van der Waals surface area contributed by atoms with Gasteiger partial charge in [0.05, 0.1) is 18.5 Å². The second-order valence-corrected chi connectivity index (χ2v) is 19.0. The van der Waals surface area contributed by atoms with Gasteiger partial charge in [-0.05, 0) is 94.8 Å². The van der Waals surface area contributed by atoms with Crippen LogP contribution in [0, 0.1) is 23.7 Å². The van der Waals surface area contributed by atoms with E-state index in [0.29, 0.717) is 37.4 Å². The van der Waals surface area contributed by atoms with Crippen LogP contribution in [0.2, 0.25) is 0 Å². The fourth-order valence-electron chi connectivity index (χ4n) is 8.90. The summed E-state index contributed by atoms with van der Waals surface area (Å²) in [5.74, 6) is -0.171. The monoisotopic (exact) mass is 856 g/mol. The Balaban J connectivity index is 1.23. The Hall–Kier alpha value is -4.75. The predicted octanol–water partition coefficient (Wildman–Crippen LogP) is 6.47. The number of nitrogens with one attached hydrogen (secondary N) is 5.